The van der Waals surface area contributed by atoms with E-state index in [4.69, 9.17) is 0 Å². The Bertz CT molecular complexity index is 239. The predicted octanol–water partition coefficient (Wildman–Crippen LogP) is 2.29. The zero-order chi connectivity index (χ0) is 10.5. The molecule has 0 aromatic rings. The van der Waals surface area contributed by atoms with E-state index in [0.717, 1.165) is 6.54 Å². The van der Waals surface area contributed by atoms with Crippen molar-refractivity contribution in [2.45, 2.75) is 38.1 Å². The molecule has 2 heteroatoms. The second-order valence-corrected chi connectivity index (χ2v) is 4.54. The first kappa shape index (κ1) is 10.7. The number of allylic oxidation sites excluding steroid dienone is 2. The highest BCUT2D eigenvalue weighted by molar-refractivity contribution is 5.17. The maximum Gasteiger partial charge on any atom is 0.0495 e. The van der Waals surface area contributed by atoms with E-state index in [-0.39, 0.29) is 0 Å². The molecular weight excluding hydrogens is 184 g/mol. The van der Waals surface area contributed by atoms with Gasteiger partial charge < -0.3 is 5.32 Å². The zero-order valence-electron chi connectivity index (χ0n) is 9.54. The van der Waals surface area contributed by atoms with Crippen molar-refractivity contribution in [2.75, 3.05) is 19.6 Å². The highest BCUT2D eigenvalue weighted by Gasteiger charge is 2.25. The molecule has 15 heavy (non-hydrogen) atoms. The van der Waals surface area contributed by atoms with Gasteiger partial charge in [-0.25, -0.2) is 0 Å². The molecule has 0 radical (unpaired) electrons. The first-order valence-corrected chi connectivity index (χ1v) is 6.22. The highest BCUT2D eigenvalue weighted by atomic mass is 15.2. The van der Waals surface area contributed by atoms with Crippen LogP contribution < -0.4 is 5.32 Å². The lowest BCUT2D eigenvalue weighted by Crippen LogP contribution is -2.46. The standard InChI is InChI=1S/C13H22N2/c1-2-7-12-13(8-6-9-14-12)15-10-4-3-5-11-15/h2,7,13-14H,1,3-6,8-11H2. The number of hydrogen-bond acceptors (Lipinski definition) is 2. The second-order valence-electron chi connectivity index (χ2n) is 4.54. The maximum atomic E-state index is 3.80. The van der Waals surface area contributed by atoms with Gasteiger partial charge in [-0.2, -0.15) is 0 Å². The molecule has 2 fully saturated rings. The number of rotatable bonds is 2. The van der Waals surface area contributed by atoms with E-state index in [1.54, 1.807) is 0 Å². The zero-order valence-corrected chi connectivity index (χ0v) is 9.54. The molecule has 0 spiro atoms. The van der Waals surface area contributed by atoms with E-state index in [0.29, 0.717) is 6.04 Å². The summed E-state index contributed by atoms with van der Waals surface area (Å²) in [6, 6.07) is 0.636. The number of nitrogens with zero attached hydrogens (tertiary/aromatic N) is 1. The molecule has 2 heterocycles. The first-order valence-electron chi connectivity index (χ1n) is 6.22. The molecule has 2 aliphatic heterocycles. The average Bonchev–Trinajstić information content (AvgIpc) is 2.31. The third-order valence-electron chi connectivity index (χ3n) is 3.47. The van der Waals surface area contributed by atoms with E-state index < -0.39 is 0 Å². The Hall–Kier alpha value is -0.760. The largest absolute Gasteiger partial charge is 0.387 e. The van der Waals surface area contributed by atoms with Crippen LogP contribution in [0.15, 0.2) is 24.4 Å². The molecule has 2 nitrogen and oxygen atoms in total. The van der Waals surface area contributed by atoms with Crippen molar-refractivity contribution in [3.8, 4) is 0 Å². The van der Waals surface area contributed by atoms with Crippen molar-refractivity contribution in [1.82, 2.24) is 10.2 Å². The molecule has 0 amide bonds. The topological polar surface area (TPSA) is 15.3 Å². The first-order chi connectivity index (χ1) is 7.42. The van der Waals surface area contributed by atoms with Crippen LogP contribution in [0.1, 0.15) is 32.1 Å². The molecule has 1 N–H and O–H groups in total. The molecule has 1 atom stereocenters. The molecular formula is C13H22N2. The summed E-state index contributed by atoms with van der Waals surface area (Å²) in [6.45, 7) is 7.49. The second kappa shape index (κ2) is 5.36. The summed E-state index contributed by atoms with van der Waals surface area (Å²) in [7, 11) is 0. The lowest BCUT2D eigenvalue weighted by molar-refractivity contribution is 0.161. The van der Waals surface area contributed by atoms with Crippen molar-refractivity contribution < 1.29 is 0 Å². The van der Waals surface area contributed by atoms with Gasteiger partial charge in [0.1, 0.15) is 0 Å². The summed E-state index contributed by atoms with van der Waals surface area (Å²) in [5.74, 6) is 0. The normalized spacial score (nSPS) is 31.2. The van der Waals surface area contributed by atoms with Gasteiger partial charge in [-0.05, 0) is 44.8 Å². The van der Waals surface area contributed by atoms with Crippen molar-refractivity contribution in [1.29, 1.82) is 0 Å². The predicted molar refractivity (Wildman–Crippen MR) is 64.7 cm³/mol. The molecule has 2 aliphatic rings. The van der Waals surface area contributed by atoms with Crippen LogP contribution in [0.25, 0.3) is 0 Å². The van der Waals surface area contributed by atoms with Crippen molar-refractivity contribution in [3.05, 3.63) is 24.4 Å². The summed E-state index contributed by atoms with van der Waals surface area (Å²) in [5.41, 5.74) is 1.39. The molecule has 84 valence electrons. The van der Waals surface area contributed by atoms with E-state index >= 15 is 0 Å². The van der Waals surface area contributed by atoms with Gasteiger partial charge in [0.15, 0.2) is 0 Å². The molecule has 0 aromatic heterocycles. The third-order valence-corrected chi connectivity index (χ3v) is 3.47. The molecule has 0 saturated carbocycles. The molecule has 2 saturated heterocycles. The van der Waals surface area contributed by atoms with Gasteiger partial charge in [-0.3, -0.25) is 4.90 Å². The average molecular weight is 206 g/mol. The lowest BCUT2D eigenvalue weighted by atomic mass is 9.98. The van der Waals surface area contributed by atoms with Gasteiger partial charge in [0.05, 0.1) is 0 Å². The third kappa shape index (κ3) is 2.63. The van der Waals surface area contributed by atoms with Gasteiger partial charge >= 0.3 is 0 Å². The summed E-state index contributed by atoms with van der Waals surface area (Å²) in [6.07, 6.45) is 10.8. The fraction of sp³-hybridized carbons (Fsp3) is 0.692. The van der Waals surface area contributed by atoms with Crippen LogP contribution in [0.4, 0.5) is 0 Å². The quantitative estimate of drug-likeness (QED) is 0.746. The van der Waals surface area contributed by atoms with E-state index in [1.165, 1.54) is 50.9 Å². The minimum atomic E-state index is 0.636. The van der Waals surface area contributed by atoms with Gasteiger partial charge in [0, 0.05) is 18.3 Å². The Morgan fingerprint density at radius 3 is 2.73 bits per heavy atom. The molecule has 0 bridgehead atoms. The minimum Gasteiger partial charge on any atom is -0.387 e. The Morgan fingerprint density at radius 2 is 2.00 bits per heavy atom. The van der Waals surface area contributed by atoms with Crippen molar-refractivity contribution in [2.24, 2.45) is 0 Å². The number of piperidine rings is 2. The smallest absolute Gasteiger partial charge is 0.0495 e. The Labute approximate surface area is 93.0 Å². The fourth-order valence-electron chi connectivity index (χ4n) is 2.71. The van der Waals surface area contributed by atoms with Gasteiger partial charge in [-0.1, -0.05) is 19.1 Å². The Balaban J connectivity index is 2.02. The highest BCUT2D eigenvalue weighted by Crippen LogP contribution is 2.22. The van der Waals surface area contributed by atoms with Crippen LogP contribution in [0, 0.1) is 0 Å². The number of nitrogens with one attached hydrogen (secondary N) is 1. The minimum absolute atomic E-state index is 0.636. The lowest BCUT2D eigenvalue weighted by Gasteiger charge is -2.38. The number of hydrogen-bond donors (Lipinski definition) is 1. The van der Waals surface area contributed by atoms with Crippen LogP contribution >= 0.6 is 0 Å². The maximum absolute atomic E-state index is 3.80. The molecule has 1 unspecified atom stereocenters. The van der Waals surface area contributed by atoms with Gasteiger partial charge in [-0.15, -0.1) is 0 Å². The van der Waals surface area contributed by atoms with E-state index in [9.17, 15) is 0 Å². The number of likely N-dealkylation sites (tertiary alicyclic amines) is 1. The van der Waals surface area contributed by atoms with Gasteiger partial charge in [0.25, 0.3) is 0 Å². The summed E-state index contributed by atoms with van der Waals surface area (Å²) >= 11 is 0. The van der Waals surface area contributed by atoms with Gasteiger partial charge in [0.2, 0.25) is 0 Å². The monoisotopic (exact) mass is 206 g/mol. The van der Waals surface area contributed by atoms with Crippen LogP contribution in [-0.2, 0) is 0 Å². The van der Waals surface area contributed by atoms with Crippen molar-refractivity contribution in [3.63, 3.8) is 0 Å². The van der Waals surface area contributed by atoms with Crippen LogP contribution in [0.3, 0.4) is 0 Å². The van der Waals surface area contributed by atoms with Crippen LogP contribution in [0.2, 0.25) is 0 Å². The Kier molecular flexibility index (Phi) is 3.84. The van der Waals surface area contributed by atoms with Crippen LogP contribution in [-0.4, -0.2) is 30.6 Å². The summed E-state index contributed by atoms with van der Waals surface area (Å²) in [4.78, 5) is 2.64. The summed E-state index contributed by atoms with van der Waals surface area (Å²) < 4.78 is 0. The molecule has 2 rings (SSSR count). The summed E-state index contributed by atoms with van der Waals surface area (Å²) in [5, 5.41) is 3.52. The van der Waals surface area contributed by atoms with Crippen LogP contribution in [0.5, 0.6) is 0 Å². The molecule has 0 aliphatic carbocycles. The van der Waals surface area contributed by atoms with E-state index in [2.05, 4.69) is 22.9 Å². The van der Waals surface area contributed by atoms with E-state index in [1.807, 2.05) is 6.08 Å². The van der Waals surface area contributed by atoms with Crippen molar-refractivity contribution >= 4 is 0 Å². The molecule has 0 aromatic carbocycles. The Morgan fingerprint density at radius 1 is 1.20 bits per heavy atom. The fourth-order valence-corrected chi connectivity index (χ4v) is 2.71. The SMILES string of the molecule is C=CC=C1NCCCC1N1CCCCC1.